The van der Waals surface area contributed by atoms with Gasteiger partial charge in [-0.15, -0.1) is 0 Å². The van der Waals surface area contributed by atoms with Gasteiger partial charge in [-0.3, -0.25) is 4.98 Å². The van der Waals surface area contributed by atoms with E-state index in [4.69, 9.17) is 0 Å². The molecule has 0 bridgehead atoms. The van der Waals surface area contributed by atoms with Crippen LogP contribution in [0.15, 0.2) is 36.5 Å². The predicted octanol–water partition coefficient (Wildman–Crippen LogP) is 2.66. The summed E-state index contributed by atoms with van der Waals surface area (Å²) < 4.78 is 0. The highest BCUT2D eigenvalue weighted by Gasteiger charge is 2.18. The van der Waals surface area contributed by atoms with Crippen LogP contribution in [0.2, 0.25) is 0 Å². The van der Waals surface area contributed by atoms with Gasteiger partial charge in [-0.2, -0.15) is 0 Å². The fourth-order valence-corrected chi connectivity index (χ4v) is 2.34. The molecule has 2 heterocycles. The van der Waals surface area contributed by atoms with Crippen molar-refractivity contribution >= 4 is 10.8 Å². The van der Waals surface area contributed by atoms with Crippen molar-refractivity contribution in [2.24, 2.45) is 0 Å². The van der Waals surface area contributed by atoms with Gasteiger partial charge in [-0.05, 0) is 30.8 Å². The lowest BCUT2D eigenvalue weighted by molar-refractivity contribution is 0.634. The molecule has 1 aromatic carbocycles. The van der Waals surface area contributed by atoms with Crippen molar-refractivity contribution in [2.45, 2.75) is 18.9 Å². The van der Waals surface area contributed by atoms with Crippen molar-refractivity contribution < 1.29 is 0 Å². The van der Waals surface area contributed by atoms with Crippen LogP contribution in [-0.4, -0.2) is 11.5 Å². The van der Waals surface area contributed by atoms with E-state index in [2.05, 4.69) is 40.6 Å². The maximum atomic E-state index is 4.53. The Bertz CT molecular complexity index is 467. The minimum Gasteiger partial charge on any atom is -0.309 e. The summed E-state index contributed by atoms with van der Waals surface area (Å²) in [5.74, 6) is 0. The highest BCUT2D eigenvalue weighted by Crippen LogP contribution is 2.27. The average Bonchev–Trinajstić information content (AvgIpc) is 2.82. The van der Waals surface area contributed by atoms with Crippen LogP contribution in [-0.2, 0) is 0 Å². The van der Waals surface area contributed by atoms with Gasteiger partial charge in [-0.1, -0.05) is 24.3 Å². The molecule has 76 valence electrons. The van der Waals surface area contributed by atoms with E-state index in [-0.39, 0.29) is 0 Å². The molecule has 1 saturated heterocycles. The molecule has 1 aliphatic heterocycles. The Hall–Kier alpha value is -1.41. The van der Waals surface area contributed by atoms with Gasteiger partial charge in [0.15, 0.2) is 0 Å². The molecule has 3 rings (SSSR count). The van der Waals surface area contributed by atoms with Crippen LogP contribution in [0.1, 0.15) is 24.6 Å². The lowest BCUT2D eigenvalue weighted by Crippen LogP contribution is -2.14. The van der Waals surface area contributed by atoms with Crippen molar-refractivity contribution in [1.82, 2.24) is 10.3 Å². The number of nitrogens with zero attached hydrogens (tertiary/aromatic N) is 1. The molecule has 1 fully saturated rings. The zero-order chi connectivity index (χ0) is 10.1. The van der Waals surface area contributed by atoms with Crippen LogP contribution < -0.4 is 5.32 Å². The summed E-state index contributed by atoms with van der Waals surface area (Å²) in [7, 11) is 0. The zero-order valence-electron chi connectivity index (χ0n) is 8.61. The Morgan fingerprint density at radius 1 is 1.20 bits per heavy atom. The summed E-state index contributed by atoms with van der Waals surface area (Å²) in [4.78, 5) is 4.53. The molecule has 0 aliphatic carbocycles. The fraction of sp³-hybridized carbons (Fsp3) is 0.308. The van der Waals surface area contributed by atoms with Gasteiger partial charge in [0, 0.05) is 11.6 Å². The molecule has 2 nitrogen and oxygen atoms in total. The van der Waals surface area contributed by atoms with Gasteiger partial charge in [0.25, 0.3) is 0 Å². The SMILES string of the molecule is c1ccc2c([C@@H]3CCCN3)nccc2c1. The molecule has 1 atom stereocenters. The van der Waals surface area contributed by atoms with E-state index in [9.17, 15) is 0 Å². The Kier molecular flexibility index (Phi) is 2.14. The topological polar surface area (TPSA) is 24.9 Å². The molecule has 2 heteroatoms. The highest BCUT2D eigenvalue weighted by molar-refractivity contribution is 5.84. The molecule has 15 heavy (non-hydrogen) atoms. The molecule has 0 saturated carbocycles. The van der Waals surface area contributed by atoms with Crippen LogP contribution >= 0.6 is 0 Å². The lowest BCUT2D eigenvalue weighted by atomic mass is 10.0. The molecular formula is C13H14N2. The highest BCUT2D eigenvalue weighted by atomic mass is 15.0. The fourth-order valence-electron chi connectivity index (χ4n) is 2.34. The standard InChI is InChI=1S/C13H14N2/c1-2-5-11-10(4-1)7-9-15-13(11)12-6-3-8-14-12/h1-2,4-5,7,9,12,14H,3,6,8H2/t12-/m0/s1. The molecule has 0 unspecified atom stereocenters. The third-order valence-corrected chi connectivity index (χ3v) is 3.09. The van der Waals surface area contributed by atoms with E-state index in [1.165, 1.54) is 29.3 Å². The number of hydrogen-bond acceptors (Lipinski definition) is 2. The van der Waals surface area contributed by atoms with E-state index < -0.39 is 0 Å². The van der Waals surface area contributed by atoms with Crippen molar-refractivity contribution in [2.75, 3.05) is 6.54 Å². The van der Waals surface area contributed by atoms with E-state index in [1.807, 2.05) is 6.20 Å². The number of benzene rings is 1. The first-order chi connectivity index (χ1) is 7.45. The number of fused-ring (bicyclic) bond motifs is 1. The lowest BCUT2D eigenvalue weighted by Gasteiger charge is -2.12. The van der Waals surface area contributed by atoms with Gasteiger partial charge >= 0.3 is 0 Å². The number of rotatable bonds is 1. The summed E-state index contributed by atoms with van der Waals surface area (Å²) in [6.45, 7) is 1.12. The monoisotopic (exact) mass is 198 g/mol. The van der Waals surface area contributed by atoms with E-state index in [0.717, 1.165) is 6.54 Å². The van der Waals surface area contributed by atoms with Gasteiger partial charge in [-0.25, -0.2) is 0 Å². The molecule has 0 spiro atoms. The summed E-state index contributed by atoms with van der Waals surface area (Å²) in [6.07, 6.45) is 4.38. The summed E-state index contributed by atoms with van der Waals surface area (Å²) in [6, 6.07) is 11.0. The van der Waals surface area contributed by atoms with Gasteiger partial charge in [0.2, 0.25) is 0 Å². The Morgan fingerprint density at radius 2 is 2.13 bits per heavy atom. The van der Waals surface area contributed by atoms with Crippen molar-refractivity contribution in [3.05, 3.63) is 42.2 Å². The number of pyridine rings is 1. The molecule has 1 aromatic heterocycles. The number of nitrogens with one attached hydrogen (secondary N) is 1. The van der Waals surface area contributed by atoms with E-state index in [1.54, 1.807) is 0 Å². The minimum absolute atomic E-state index is 0.455. The molecule has 0 radical (unpaired) electrons. The Balaban J connectivity index is 2.16. The van der Waals surface area contributed by atoms with E-state index in [0.29, 0.717) is 6.04 Å². The third kappa shape index (κ3) is 1.51. The second-order valence-electron chi connectivity index (χ2n) is 4.07. The minimum atomic E-state index is 0.455. The van der Waals surface area contributed by atoms with Crippen LogP contribution in [0.4, 0.5) is 0 Å². The largest absolute Gasteiger partial charge is 0.309 e. The number of aromatic nitrogens is 1. The van der Waals surface area contributed by atoms with Crippen LogP contribution in [0.3, 0.4) is 0 Å². The van der Waals surface area contributed by atoms with Crippen LogP contribution in [0.5, 0.6) is 0 Å². The predicted molar refractivity (Wildman–Crippen MR) is 61.7 cm³/mol. The average molecular weight is 198 g/mol. The van der Waals surface area contributed by atoms with Crippen molar-refractivity contribution in [3.8, 4) is 0 Å². The maximum Gasteiger partial charge on any atom is 0.0651 e. The normalized spacial score (nSPS) is 20.9. The smallest absolute Gasteiger partial charge is 0.0651 e. The molecule has 1 N–H and O–H groups in total. The first-order valence-corrected chi connectivity index (χ1v) is 5.52. The van der Waals surface area contributed by atoms with Crippen molar-refractivity contribution in [1.29, 1.82) is 0 Å². The second kappa shape index (κ2) is 3.63. The van der Waals surface area contributed by atoms with E-state index >= 15 is 0 Å². The first kappa shape index (κ1) is 8.86. The summed E-state index contributed by atoms with van der Waals surface area (Å²) >= 11 is 0. The Labute approximate surface area is 89.3 Å². The second-order valence-corrected chi connectivity index (χ2v) is 4.07. The van der Waals surface area contributed by atoms with Crippen LogP contribution in [0, 0.1) is 0 Å². The third-order valence-electron chi connectivity index (χ3n) is 3.09. The Morgan fingerprint density at radius 3 is 3.00 bits per heavy atom. The van der Waals surface area contributed by atoms with Crippen molar-refractivity contribution in [3.63, 3.8) is 0 Å². The van der Waals surface area contributed by atoms with Crippen LogP contribution in [0.25, 0.3) is 10.8 Å². The summed E-state index contributed by atoms with van der Waals surface area (Å²) in [5.41, 5.74) is 1.21. The molecule has 1 aliphatic rings. The van der Waals surface area contributed by atoms with Gasteiger partial charge in [0.05, 0.1) is 11.7 Å². The molecule has 0 amide bonds. The molecular weight excluding hydrogens is 184 g/mol. The summed E-state index contributed by atoms with van der Waals surface area (Å²) in [5, 5.41) is 6.08. The van der Waals surface area contributed by atoms with Gasteiger partial charge in [0.1, 0.15) is 0 Å². The number of hydrogen-bond donors (Lipinski definition) is 1. The molecule has 2 aromatic rings. The zero-order valence-corrected chi connectivity index (χ0v) is 8.61. The van der Waals surface area contributed by atoms with Gasteiger partial charge < -0.3 is 5.32 Å². The maximum absolute atomic E-state index is 4.53. The quantitative estimate of drug-likeness (QED) is 0.762. The first-order valence-electron chi connectivity index (χ1n) is 5.52.